The van der Waals surface area contributed by atoms with Crippen LogP contribution in [0.4, 0.5) is 0 Å². The van der Waals surface area contributed by atoms with Gasteiger partial charge >= 0.3 is 11.6 Å². The second-order valence-electron chi connectivity index (χ2n) is 7.02. The molecular formula is C21H17NO4. The van der Waals surface area contributed by atoms with E-state index >= 15 is 0 Å². The summed E-state index contributed by atoms with van der Waals surface area (Å²) in [4.78, 5) is 28.8. The highest BCUT2D eigenvalue weighted by Gasteiger charge is 2.34. The Bertz CT molecular complexity index is 1110. The van der Waals surface area contributed by atoms with Gasteiger partial charge in [-0.2, -0.15) is 0 Å². The van der Waals surface area contributed by atoms with Gasteiger partial charge in [-0.05, 0) is 61.1 Å². The quantitative estimate of drug-likeness (QED) is 0.383. The normalized spacial score (nSPS) is 18.5. The monoisotopic (exact) mass is 347 g/mol. The lowest BCUT2D eigenvalue weighted by molar-refractivity contribution is -0.135. The van der Waals surface area contributed by atoms with E-state index in [2.05, 4.69) is 4.98 Å². The molecular weight excluding hydrogens is 330 g/mol. The van der Waals surface area contributed by atoms with Crippen LogP contribution in [-0.2, 0) is 17.6 Å². The third kappa shape index (κ3) is 2.13. The molecule has 2 aliphatic rings. The Morgan fingerprint density at radius 2 is 1.88 bits per heavy atom. The van der Waals surface area contributed by atoms with E-state index in [9.17, 15) is 9.59 Å². The van der Waals surface area contributed by atoms with Gasteiger partial charge in [0.1, 0.15) is 11.3 Å². The molecule has 0 spiro atoms. The molecule has 130 valence electrons. The summed E-state index contributed by atoms with van der Waals surface area (Å²) in [7, 11) is 0. The highest BCUT2D eigenvalue weighted by molar-refractivity contribution is 5.94. The zero-order valence-corrected chi connectivity index (χ0v) is 14.4. The maximum Gasteiger partial charge on any atom is 0.339 e. The molecule has 0 bridgehead atoms. The third-order valence-corrected chi connectivity index (χ3v) is 5.50. The highest BCUT2D eigenvalue weighted by atomic mass is 16.5. The van der Waals surface area contributed by atoms with E-state index in [1.165, 1.54) is 0 Å². The number of carbonyl (C=O) groups is 1. The average molecular weight is 347 g/mol. The number of nitrogens with zero attached hydrogens (tertiary/aromatic N) is 1. The first-order valence-corrected chi connectivity index (χ1v) is 8.86. The Hall–Kier alpha value is -2.95. The van der Waals surface area contributed by atoms with Gasteiger partial charge in [-0.1, -0.05) is 0 Å². The topological polar surface area (TPSA) is 69.4 Å². The number of esters is 1. The zero-order chi connectivity index (χ0) is 17.8. The van der Waals surface area contributed by atoms with Crippen LogP contribution in [0.25, 0.3) is 11.0 Å². The summed E-state index contributed by atoms with van der Waals surface area (Å²) in [5.74, 6) is 0.228. The molecule has 2 aromatic heterocycles. The average Bonchev–Trinajstić information content (AvgIpc) is 3.12. The first-order valence-electron chi connectivity index (χ1n) is 8.86. The molecule has 0 unspecified atom stereocenters. The van der Waals surface area contributed by atoms with Crippen molar-refractivity contribution in [1.82, 2.24) is 4.98 Å². The standard InChI is InChI=1S/C21H17NO4/c1-11-9-16-19(13-3-2-4-14(13)21(24)25-16)20-18(11)15(10-17(23)26-20)12-5-7-22-8-6-12/h5-9,15H,2-4,10H2,1H3/t15-/m0/s1. The molecule has 0 fully saturated rings. The molecule has 5 nitrogen and oxygen atoms in total. The van der Waals surface area contributed by atoms with E-state index < -0.39 is 0 Å². The van der Waals surface area contributed by atoms with Crippen molar-refractivity contribution in [2.24, 2.45) is 0 Å². The number of rotatable bonds is 1. The van der Waals surface area contributed by atoms with E-state index in [0.29, 0.717) is 17.8 Å². The summed E-state index contributed by atoms with van der Waals surface area (Å²) in [6, 6.07) is 5.78. The minimum absolute atomic E-state index is 0.0809. The number of hydrogen-bond donors (Lipinski definition) is 0. The van der Waals surface area contributed by atoms with Crippen LogP contribution in [0.2, 0.25) is 0 Å². The maximum absolute atomic E-state index is 12.4. The fourth-order valence-electron chi connectivity index (χ4n) is 4.39. The van der Waals surface area contributed by atoms with E-state index in [1.54, 1.807) is 12.4 Å². The van der Waals surface area contributed by atoms with E-state index in [4.69, 9.17) is 9.15 Å². The Morgan fingerprint density at radius 3 is 2.69 bits per heavy atom. The predicted octanol–water partition coefficient (Wildman–Crippen LogP) is 3.43. The van der Waals surface area contributed by atoms with Gasteiger partial charge in [-0.3, -0.25) is 9.78 Å². The predicted molar refractivity (Wildman–Crippen MR) is 95.6 cm³/mol. The molecule has 0 N–H and O–H groups in total. The largest absolute Gasteiger partial charge is 0.425 e. The number of aryl methyl sites for hydroxylation is 2. The van der Waals surface area contributed by atoms with Crippen LogP contribution in [-0.4, -0.2) is 11.0 Å². The van der Waals surface area contributed by atoms with Crippen molar-refractivity contribution >= 4 is 16.9 Å². The molecule has 0 saturated heterocycles. The Kier molecular flexibility index (Phi) is 3.26. The van der Waals surface area contributed by atoms with Crippen LogP contribution in [0.1, 0.15) is 46.6 Å². The lowest BCUT2D eigenvalue weighted by Crippen LogP contribution is -2.23. The van der Waals surface area contributed by atoms with Crippen LogP contribution < -0.4 is 10.4 Å². The number of hydrogen-bond acceptors (Lipinski definition) is 5. The Labute approximate surface area is 149 Å². The van der Waals surface area contributed by atoms with Crippen LogP contribution >= 0.6 is 0 Å². The number of benzene rings is 1. The highest BCUT2D eigenvalue weighted by Crippen LogP contribution is 2.46. The number of pyridine rings is 1. The minimum atomic E-state index is -0.267. The van der Waals surface area contributed by atoms with Crippen LogP contribution in [0.15, 0.2) is 39.8 Å². The van der Waals surface area contributed by atoms with Crippen molar-refractivity contribution in [1.29, 1.82) is 0 Å². The molecule has 0 amide bonds. The van der Waals surface area contributed by atoms with E-state index in [1.807, 2.05) is 25.1 Å². The molecule has 1 atom stereocenters. The van der Waals surface area contributed by atoms with Crippen molar-refractivity contribution in [2.45, 2.75) is 38.5 Å². The first-order chi connectivity index (χ1) is 12.6. The van der Waals surface area contributed by atoms with Gasteiger partial charge in [0.15, 0.2) is 0 Å². The van der Waals surface area contributed by atoms with Crippen molar-refractivity contribution in [2.75, 3.05) is 0 Å². The molecule has 3 aromatic rings. The Morgan fingerprint density at radius 1 is 1.12 bits per heavy atom. The number of carbonyl (C=O) groups excluding carboxylic acids is 1. The molecule has 26 heavy (non-hydrogen) atoms. The summed E-state index contributed by atoms with van der Waals surface area (Å²) in [5, 5.41) is 0.796. The number of aromatic nitrogens is 1. The van der Waals surface area contributed by atoms with Gasteiger partial charge in [-0.15, -0.1) is 0 Å². The van der Waals surface area contributed by atoms with Crippen molar-refractivity contribution in [3.05, 3.63) is 68.8 Å². The molecule has 5 heteroatoms. The first kappa shape index (κ1) is 15.3. The summed E-state index contributed by atoms with van der Waals surface area (Å²) in [6.45, 7) is 1.97. The van der Waals surface area contributed by atoms with Gasteiger partial charge in [0.25, 0.3) is 0 Å². The second kappa shape index (κ2) is 5.53. The second-order valence-corrected chi connectivity index (χ2v) is 7.02. The van der Waals surface area contributed by atoms with Crippen LogP contribution in [0, 0.1) is 6.92 Å². The lowest BCUT2D eigenvalue weighted by atomic mass is 9.83. The molecule has 1 aliphatic carbocycles. The van der Waals surface area contributed by atoms with E-state index in [-0.39, 0.29) is 17.5 Å². The van der Waals surface area contributed by atoms with Crippen molar-refractivity contribution < 1.29 is 13.9 Å². The van der Waals surface area contributed by atoms with Crippen LogP contribution in [0.5, 0.6) is 5.75 Å². The van der Waals surface area contributed by atoms with Crippen LogP contribution in [0.3, 0.4) is 0 Å². The van der Waals surface area contributed by atoms with Crippen molar-refractivity contribution in [3.63, 3.8) is 0 Å². The fourth-order valence-corrected chi connectivity index (χ4v) is 4.39. The molecule has 0 saturated carbocycles. The van der Waals surface area contributed by atoms with E-state index in [0.717, 1.165) is 52.5 Å². The molecule has 3 heterocycles. The molecule has 0 radical (unpaired) electrons. The van der Waals surface area contributed by atoms with Gasteiger partial charge in [-0.25, -0.2) is 4.79 Å². The molecule has 1 aliphatic heterocycles. The fraction of sp³-hybridized carbons (Fsp3) is 0.286. The molecule has 5 rings (SSSR count). The summed E-state index contributed by atoms with van der Waals surface area (Å²) >= 11 is 0. The summed E-state index contributed by atoms with van der Waals surface area (Å²) in [6.07, 6.45) is 6.22. The smallest absolute Gasteiger partial charge is 0.339 e. The Balaban J connectivity index is 1.86. The molecule has 1 aromatic carbocycles. The third-order valence-electron chi connectivity index (χ3n) is 5.50. The number of fused-ring (bicyclic) bond motifs is 5. The minimum Gasteiger partial charge on any atom is -0.425 e. The lowest BCUT2D eigenvalue weighted by Gasteiger charge is -2.28. The summed E-state index contributed by atoms with van der Waals surface area (Å²) in [5.41, 5.74) is 4.96. The van der Waals surface area contributed by atoms with Crippen molar-refractivity contribution in [3.8, 4) is 5.75 Å². The SMILES string of the molecule is Cc1cc2oc(=O)c3c(c2c2c1[C@H](c1ccncc1)CC(=O)O2)CCC3. The zero-order valence-electron chi connectivity index (χ0n) is 14.4. The summed E-state index contributed by atoms with van der Waals surface area (Å²) < 4.78 is 11.3. The number of ether oxygens (including phenoxy) is 1. The van der Waals surface area contributed by atoms with Gasteiger partial charge < -0.3 is 9.15 Å². The van der Waals surface area contributed by atoms with Gasteiger partial charge in [0.2, 0.25) is 0 Å². The van der Waals surface area contributed by atoms with Gasteiger partial charge in [0.05, 0.1) is 11.8 Å². The van der Waals surface area contributed by atoms with Gasteiger partial charge in [0, 0.05) is 29.4 Å². The maximum atomic E-state index is 12.4.